The van der Waals surface area contributed by atoms with Gasteiger partial charge in [0, 0.05) is 146 Å². The average molecular weight is 1690 g/mol. The summed E-state index contributed by atoms with van der Waals surface area (Å²) in [5.74, 6) is 5.88. The third kappa shape index (κ3) is 29.1. The quantitative estimate of drug-likeness (QED) is 0.141. The van der Waals surface area contributed by atoms with Crippen LogP contribution in [0.3, 0.4) is 0 Å². The number of hydrogen-bond acceptors (Lipinski definition) is 14. The van der Waals surface area contributed by atoms with Gasteiger partial charge in [-0.3, -0.25) is 34.3 Å². The number of morpholine rings is 3. The summed E-state index contributed by atoms with van der Waals surface area (Å²) in [5, 5.41) is 3.43. The Hall–Kier alpha value is -0.700. The topological polar surface area (TPSA) is 78.1 Å². The summed E-state index contributed by atoms with van der Waals surface area (Å²) in [4.78, 5) is 23.1. The van der Waals surface area contributed by atoms with E-state index in [1.165, 1.54) is 136 Å². The molecule has 1 spiro atoms. The summed E-state index contributed by atoms with van der Waals surface area (Å²) in [6, 6.07) is 3.72. The van der Waals surface area contributed by atoms with E-state index in [0.717, 1.165) is 106 Å². The van der Waals surface area contributed by atoms with E-state index < -0.39 is 5.92 Å². The Morgan fingerprint density at radius 3 is 1.11 bits per heavy atom. The highest BCUT2D eigenvalue weighted by molar-refractivity contribution is 5.07. The van der Waals surface area contributed by atoms with Crippen LogP contribution in [0.2, 0.25) is 0 Å². The zero-order chi connectivity index (χ0) is 90.5. The van der Waals surface area contributed by atoms with Crippen LogP contribution in [0, 0.1) is 81.3 Å². The SMILES string of the molecule is CC(C)C(C)(C)C1CCN(C)CC1.CC(C)C(C)(C)C1CCNCC1.CC(C)C(C)(C)N1C2CCC1COC2.CC(C)C(C)(C)N1CC2(COC2)C1.CC(C)C(C)(C)N1CC2CC1CN2C.CC(C)C(C)(C)N1CC2CC1CO2.CC(C)C(C)(C)N1CCC(F)(F)CC1.CC(C)C(C)(C)N1CCCCC1.CC1CN(C(C)(C)C(C)C)CC(C)O1. The number of hydrogen-bond donors (Lipinski definition) is 1. The number of nitrogens with zero attached hydrogens (tertiary/aromatic N) is 9. The van der Waals surface area contributed by atoms with Gasteiger partial charge in [0.1, 0.15) is 0 Å². The van der Waals surface area contributed by atoms with Gasteiger partial charge in [-0.15, -0.1) is 0 Å². The molecule has 0 amide bonds. The fourth-order valence-electron chi connectivity index (χ4n) is 20.2. The van der Waals surface area contributed by atoms with E-state index in [1.54, 1.807) is 0 Å². The third-order valence-corrected chi connectivity index (χ3v) is 36.2. The largest absolute Gasteiger partial charge is 0.380 e. The van der Waals surface area contributed by atoms with Crippen molar-refractivity contribution in [3.05, 3.63) is 0 Å². The van der Waals surface area contributed by atoms with Crippen molar-refractivity contribution in [3.63, 3.8) is 0 Å². The van der Waals surface area contributed by atoms with Crippen molar-refractivity contribution in [2.45, 2.75) is 440 Å². The van der Waals surface area contributed by atoms with E-state index in [4.69, 9.17) is 18.9 Å². The van der Waals surface area contributed by atoms with Gasteiger partial charge in [-0.05, 0) is 304 Å². The smallest absolute Gasteiger partial charge is 0.250 e. The van der Waals surface area contributed by atoms with Gasteiger partial charge >= 0.3 is 0 Å². The standard InChI is InChI=1S/C12H24N2.C12H23NO.C12H25NO.C12H25N.C11H21F2N.2C11H21NO.2C11H23N/c1-9(2)12(3,4)14-8-10-6-11(14)7-13(10)5;1-9(2)12(3,4)13-10-5-6-11(13)8-14-7-10;1-9(2)12(5,6)13-7-10(3)14-11(4)8-13;1-10(2)12(3,4)11-6-8-13(5)9-7-11;1-9(2)10(3,4)14-7-5-11(12,13)6-8-14;1-9(2)10(3,4)12-5-11(6-12)7-13-8-11;1-8(2)11(3,4)12-6-10-5-9(12)7-13-10;1-9(2)11(3,4)10-5-7-12-8-6-10;1-10(2)11(3,4)12-8-6-5-7-9-12/h9-11H,6-8H2,1-5H3;9-11H,5-8H2,1-4H3;9-11H,7-8H2,1-6H3;10-11H,6-9H2,1-5H3;9H,5-8H2,1-4H3;9H,5-8H2,1-4H3;8-10H,5-7H2,1-4H3;9-10,12H,5-8H2,1-4H3;10H,5-9H2,1-4H3. The van der Waals surface area contributed by atoms with Crippen LogP contribution >= 0.6 is 0 Å². The molecule has 13 rings (SSSR count). The molecule has 13 aliphatic rings. The number of likely N-dealkylation sites (tertiary alicyclic amines) is 7. The molecule has 16 heteroatoms. The summed E-state index contributed by atoms with van der Waals surface area (Å²) in [6.07, 6.45) is 16.4. The number of likely N-dealkylation sites (N-methyl/N-ethyl adjacent to an activating group) is 1. The number of fused-ring (bicyclic) bond motifs is 6. The maximum absolute atomic E-state index is 12.9. The van der Waals surface area contributed by atoms with Crippen molar-refractivity contribution in [1.82, 2.24) is 49.4 Å². The van der Waals surface area contributed by atoms with Crippen LogP contribution in [0.4, 0.5) is 8.78 Å². The molecule has 13 heterocycles. The molecular weight excluding hydrogens is 1480 g/mol. The predicted octanol–water partition coefficient (Wildman–Crippen LogP) is 22.0. The average Bonchev–Trinajstić information content (AvgIpc) is 1.66. The number of rotatable bonds is 18. The molecule has 0 aromatic rings. The van der Waals surface area contributed by atoms with Crippen LogP contribution in [-0.4, -0.2) is 283 Å². The fourth-order valence-corrected chi connectivity index (χ4v) is 20.2. The first-order valence-corrected chi connectivity index (χ1v) is 49.8. The molecule has 0 aliphatic carbocycles. The van der Waals surface area contributed by atoms with Crippen molar-refractivity contribution in [1.29, 1.82) is 0 Å². The van der Waals surface area contributed by atoms with Crippen molar-refractivity contribution in [3.8, 4) is 0 Å². The minimum atomic E-state index is -2.43. The molecule has 0 aromatic heterocycles. The first-order valence-electron chi connectivity index (χ1n) is 49.8. The first kappa shape index (κ1) is 109. The Morgan fingerprint density at radius 2 is 0.756 bits per heavy atom. The molecule has 0 saturated carbocycles. The fraction of sp³-hybridized carbons (Fsp3) is 1.00. The molecule has 706 valence electrons. The van der Waals surface area contributed by atoms with Crippen molar-refractivity contribution in [2.24, 2.45) is 81.3 Å². The van der Waals surface area contributed by atoms with E-state index in [0.29, 0.717) is 117 Å². The van der Waals surface area contributed by atoms with Crippen molar-refractivity contribution in [2.75, 3.05) is 145 Å². The molecular formula is C103H206F2N10O4. The van der Waals surface area contributed by atoms with Gasteiger partial charge in [-0.2, -0.15) is 0 Å². The lowest BCUT2D eigenvalue weighted by atomic mass is 9.67. The van der Waals surface area contributed by atoms with Crippen LogP contribution in [0.15, 0.2) is 0 Å². The molecule has 8 unspecified atom stereocenters. The molecule has 0 radical (unpaired) electrons. The molecule has 6 bridgehead atoms. The third-order valence-electron chi connectivity index (χ3n) is 36.2. The zero-order valence-electron chi connectivity index (χ0n) is 86.7. The Bertz CT molecular complexity index is 2770. The van der Waals surface area contributed by atoms with Gasteiger partial charge in [0.05, 0.1) is 51.3 Å². The summed E-state index contributed by atoms with van der Waals surface area (Å²) in [6.45, 7) is 110. The lowest BCUT2D eigenvalue weighted by Gasteiger charge is -2.61. The van der Waals surface area contributed by atoms with Crippen molar-refractivity contribution < 1.29 is 27.7 Å². The lowest BCUT2D eigenvalue weighted by molar-refractivity contribution is -0.214. The van der Waals surface area contributed by atoms with Gasteiger partial charge in [0.25, 0.3) is 5.92 Å². The number of nitrogens with one attached hydrogen (secondary N) is 1. The second-order valence-electron chi connectivity index (χ2n) is 48.6. The zero-order valence-corrected chi connectivity index (χ0v) is 86.7. The highest BCUT2D eigenvalue weighted by Gasteiger charge is 2.54. The molecule has 13 saturated heterocycles. The minimum absolute atomic E-state index is 0.0170. The van der Waals surface area contributed by atoms with Crippen LogP contribution < -0.4 is 5.32 Å². The highest BCUT2D eigenvalue weighted by atomic mass is 19.3. The van der Waals surface area contributed by atoms with E-state index in [2.05, 4.69) is 327 Å². The Kier molecular flexibility index (Phi) is 41.4. The maximum Gasteiger partial charge on any atom is 0.250 e. The molecule has 13 fully saturated rings. The van der Waals surface area contributed by atoms with E-state index in [-0.39, 0.29) is 23.9 Å². The molecule has 0 aromatic carbocycles. The summed E-state index contributed by atoms with van der Waals surface area (Å²) in [7, 11) is 4.50. The molecule has 8 atom stereocenters. The molecule has 14 nitrogen and oxygen atoms in total. The maximum atomic E-state index is 12.9. The summed E-state index contributed by atoms with van der Waals surface area (Å²) < 4.78 is 48.1. The van der Waals surface area contributed by atoms with Crippen LogP contribution in [0.5, 0.6) is 0 Å². The summed E-state index contributed by atoms with van der Waals surface area (Å²) in [5.41, 5.74) is 3.75. The van der Waals surface area contributed by atoms with Crippen LogP contribution in [0.25, 0.3) is 0 Å². The second kappa shape index (κ2) is 45.2. The number of piperidine rings is 4. The molecule has 13 aliphatic heterocycles. The number of piperazine rings is 1. The van der Waals surface area contributed by atoms with E-state index >= 15 is 0 Å². The Labute approximate surface area is 739 Å². The number of ether oxygens (including phenoxy) is 4. The van der Waals surface area contributed by atoms with E-state index in [9.17, 15) is 8.78 Å². The minimum Gasteiger partial charge on any atom is -0.380 e. The molecule has 1 N–H and O–H groups in total. The van der Waals surface area contributed by atoms with Gasteiger partial charge in [-0.25, -0.2) is 8.78 Å². The Balaban J connectivity index is 0.000000239. The number of alkyl halides is 2. The van der Waals surface area contributed by atoms with Crippen LogP contribution in [-0.2, 0) is 18.9 Å². The van der Waals surface area contributed by atoms with Crippen LogP contribution in [0.1, 0.15) is 347 Å². The lowest BCUT2D eigenvalue weighted by Crippen LogP contribution is -2.71. The van der Waals surface area contributed by atoms with Gasteiger partial charge in [0.15, 0.2) is 0 Å². The monoisotopic (exact) mass is 1690 g/mol. The van der Waals surface area contributed by atoms with Crippen molar-refractivity contribution >= 4 is 0 Å². The second-order valence-corrected chi connectivity index (χ2v) is 48.6. The number of halogens is 2. The normalized spacial score (nSPS) is 28.3. The highest BCUT2D eigenvalue weighted by Crippen LogP contribution is 2.46. The predicted molar refractivity (Wildman–Crippen MR) is 509 cm³/mol. The van der Waals surface area contributed by atoms with E-state index in [1.807, 2.05) is 0 Å². The van der Waals surface area contributed by atoms with Gasteiger partial charge < -0.3 is 34.1 Å². The summed E-state index contributed by atoms with van der Waals surface area (Å²) >= 11 is 0. The van der Waals surface area contributed by atoms with Gasteiger partial charge in [-0.1, -0.05) is 159 Å². The molecule has 119 heavy (non-hydrogen) atoms. The first-order chi connectivity index (χ1) is 54.6. The van der Waals surface area contributed by atoms with Gasteiger partial charge in [0.2, 0.25) is 0 Å². The Morgan fingerprint density at radius 1 is 0.361 bits per heavy atom.